The summed E-state index contributed by atoms with van der Waals surface area (Å²) < 4.78 is 5.53. The Morgan fingerprint density at radius 1 is 1.47 bits per heavy atom. The zero-order chi connectivity index (χ0) is 12.5. The molecule has 96 valence electrons. The lowest BCUT2D eigenvalue weighted by Crippen LogP contribution is -2.44. The smallest absolute Gasteiger partial charge is 0.324 e. The minimum Gasteiger partial charge on any atom is -0.378 e. The van der Waals surface area contributed by atoms with Crippen LogP contribution in [0, 0.1) is 0 Å². The molecule has 0 bridgehead atoms. The molecule has 5 heteroatoms. The highest BCUT2D eigenvalue weighted by molar-refractivity contribution is 6.06. The molecule has 0 aliphatic carbocycles. The van der Waals surface area contributed by atoms with Crippen LogP contribution in [0.2, 0.25) is 0 Å². The molecule has 0 aromatic rings. The van der Waals surface area contributed by atoms with E-state index in [4.69, 9.17) is 4.74 Å². The third kappa shape index (κ3) is 2.44. The topological polar surface area (TPSA) is 58.6 Å². The molecule has 2 aliphatic rings. The number of nitrogens with one attached hydrogen (secondary N) is 1. The van der Waals surface area contributed by atoms with Crippen molar-refractivity contribution in [2.45, 2.75) is 51.2 Å². The summed E-state index contributed by atoms with van der Waals surface area (Å²) in [7, 11) is 0. The van der Waals surface area contributed by atoms with Gasteiger partial charge in [-0.25, -0.2) is 4.79 Å². The van der Waals surface area contributed by atoms with E-state index < -0.39 is 5.54 Å². The number of urea groups is 1. The number of carbonyl (C=O) groups is 2. The average Bonchev–Trinajstić information content (AvgIpc) is 2.81. The summed E-state index contributed by atoms with van der Waals surface area (Å²) in [5.41, 5.74) is -0.715. The molecular formula is C12H20N2O3. The first-order valence-electron chi connectivity index (χ1n) is 6.26. The zero-order valence-electron chi connectivity index (χ0n) is 10.5. The molecule has 0 saturated carbocycles. The molecule has 0 spiro atoms. The van der Waals surface area contributed by atoms with Crippen LogP contribution in [0.5, 0.6) is 0 Å². The number of hydrogen-bond donors (Lipinski definition) is 1. The fourth-order valence-electron chi connectivity index (χ4n) is 2.42. The number of amides is 3. The van der Waals surface area contributed by atoms with E-state index in [-0.39, 0.29) is 11.9 Å². The highest BCUT2D eigenvalue weighted by Crippen LogP contribution is 2.23. The van der Waals surface area contributed by atoms with Crippen LogP contribution in [-0.4, -0.2) is 41.6 Å². The minimum atomic E-state index is -0.715. The molecule has 17 heavy (non-hydrogen) atoms. The lowest BCUT2D eigenvalue weighted by Gasteiger charge is -2.28. The summed E-state index contributed by atoms with van der Waals surface area (Å²) in [4.78, 5) is 24.7. The van der Waals surface area contributed by atoms with Crippen molar-refractivity contribution in [2.24, 2.45) is 0 Å². The fourth-order valence-corrected chi connectivity index (χ4v) is 2.42. The molecule has 1 unspecified atom stereocenters. The summed E-state index contributed by atoms with van der Waals surface area (Å²) in [6.45, 7) is 5.03. The first kappa shape index (κ1) is 12.4. The summed E-state index contributed by atoms with van der Waals surface area (Å²) in [6, 6.07) is -0.271. The van der Waals surface area contributed by atoms with Crippen LogP contribution in [-0.2, 0) is 9.53 Å². The lowest BCUT2D eigenvalue weighted by atomic mass is 10.0. The normalized spacial score (nSPS) is 27.6. The van der Waals surface area contributed by atoms with Crippen LogP contribution >= 0.6 is 0 Å². The van der Waals surface area contributed by atoms with E-state index in [2.05, 4.69) is 5.32 Å². The van der Waals surface area contributed by atoms with Gasteiger partial charge in [0.1, 0.15) is 5.54 Å². The highest BCUT2D eigenvalue weighted by Gasteiger charge is 2.44. The summed E-state index contributed by atoms with van der Waals surface area (Å²) in [5.74, 6) is -0.209. The van der Waals surface area contributed by atoms with Gasteiger partial charge in [-0.3, -0.25) is 10.1 Å². The Morgan fingerprint density at radius 3 is 2.76 bits per heavy atom. The largest absolute Gasteiger partial charge is 0.378 e. The Kier molecular flexibility index (Phi) is 3.38. The Balaban J connectivity index is 1.81. The third-order valence-electron chi connectivity index (χ3n) is 3.63. The van der Waals surface area contributed by atoms with Crippen molar-refractivity contribution in [3.05, 3.63) is 0 Å². The SMILES string of the molecule is CC1(C)C(=O)NC(=O)N1CCCC1CCCO1. The molecule has 2 saturated heterocycles. The molecular weight excluding hydrogens is 220 g/mol. The first-order valence-corrected chi connectivity index (χ1v) is 6.26. The number of hydrogen-bond acceptors (Lipinski definition) is 3. The molecule has 0 aromatic heterocycles. The van der Waals surface area contributed by atoms with E-state index in [1.807, 2.05) is 0 Å². The van der Waals surface area contributed by atoms with Gasteiger partial charge in [-0.05, 0) is 39.5 Å². The van der Waals surface area contributed by atoms with Gasteiger partial charge >= 0.3 is 6.03 Å². The molecule has 0 aromatic carbocycles. The van der Waals surface area contributed by atoms with Crippen molar-refractivity contribution in [1.29, 1.82) is 0 Å². The molecule has 2 aliphatic heterocycles. The van der Waals surface area contributed by atoms with Gasteiger partial charge in [-0.1, -0.05) is 0 Å². The number of ether oxygens (including phenoxy) is 1. The molecule has 0 radical (unpaired) electrons. The summed E-state index contributed by atoms with van der Waals surface area (Å²) in [6.07, 6.45) is 4.45. The molecule has 2 fully saturated rings. The molecule has 5 nitrogen and oxygen atoms in total. The van der Waals surface area contributed by atoms with Crippen molar-refractivity contribution < 1.29 is 14.3 Å². The van der Waals surface area contributed by atoms with Gasteiger partial charge in [0.05, 0.1) is 6.10 Å². The van der Waals surface area contributed by atoms with E-state index in [1.54, 1.807) is 18.7 Å². The monoisotopic (exact) mass is 240 g/mol. The third-order valence-corrected chi connectivity index (χ3v) is 3.63. The Labute approximate surface area is 101 Å². The van der Waals surface area contributed by atoms with E-state index in [0.29, 0.717) is 12.6 Å². The average molecular weight is 240 g/mol. The number of nitrogens with zero attached hydrogens (tertiary/aromatic N) is 1. The van der Waals surface area contributed by atoms with Crippen molar-refractivity contribution >= 4 is 11.9 Å². The second-order valence-electron chi connectivity index (χ2n) is 5.25. The van der Waals surface area contributed by atoms with E-state index >= 15 is 0 Å². The number of carbonyl (C=O) groups excluding carboxylic acids is 2. The molecule has 2 heterocycles. The fraction of sp³-hybridized carbons (Fsp3) is 0.833. The van der Waals surface area contributed by atoms with Gasteiger partial charge in [0.25, 0.3) is 5.91 Å². The number of rotatable bonds is 4. The Morgan fingerprint density at radius 2 is 2.24 bits per heavy atom. The van der Waals surface area contributed by atoms with Crippen LogP contribution < -0.4 is 5.32 Å². The highest BCUT2D eigenvalue weighted by atomic mass is 16.5. The van der Waals surface area contributed by atoms with E-state index in [0.717, 1.165) is 32.3 Å². The maximum atomic E-state index is 11.6. The first-order chi connectivity index (χ1) is 8.01. The quantitative estimate of drug-likeness (QED) is 0.753. The van der Waals surface area contributed by atoms with Crippen molar-refractivity contribution in [2.75, 3.05) is 13.2 Å². The van der Waals surface area contributed by atoms with E-state index in [9.17, 15) is 9.59 Å². The summed E-state index contributed by atoms with van der Waals surface area (Å²) in [5, 5.41) is 2.35. The maximum Gasteiger partial charge on any atom is 0.324 e. The van der Waals surface area contributed by atoms with Crippen molar-refractivity contribution in [3.63, 3.8) is 0 Å². The molecule has 1 N–H and O–H groups in total. The van der Waals surface area contributed by atoms with Gasteiger partial charge in [-0.15, -0.1) is 0 Å². The Bertz CT molecular complexity index is 322. The van der Waals surface area contributed by atoms with Crippen molar-refractivity contribution in [1.82, 2.24) is 10.2 Å². The standard InChI is InChI=1S/C12H20N2O3/c1-12(2)10(15)13-11(16)14(12)7-3-5-9-6-4-8-17-9/h9H,3-8H2,1-2H3,(H,13,15,16). The molecule has 1 atom stereocenters. The van der Waals surface area contributed by atoms with Crippen molar-refractivity contribution in [3.8, 4) is 0 Å². The van der Waals surface area contributed by atoms with E-state index in [1.165, 1.54) is 0 Å². The molecule has 3 amide bonds. The predicted molar refractivity (Wildman–Crippen MR) is 62.5 cm³/mol. The second-order valence-corrected chi connectivity index (χ2v) is 5.25. The minimum absolute atomic E-state index is 0.209. The van der Waals surface area contributed by atoms with Gasteiger partial charge in [0, 0.05) is 13.2 Å². The lowest BCUT2D eigenvalue weighted by molar-refractivity contribution is -0.125. The molecule has 2 rings (SSSR count). The van der Waals surface area contributed by atoms with Gasteiger partial charge in [-0.2, -0.15) is 0 Å². The Hall–Kier alpha value is -1.10. The van der Waals surface area contributed by atoms with Gasteiger partial charge < -0.3 is 9.64 Å². The number of imide groups is 1. The van der Waals surface area contributed by atoms with Crippen LogP contribution in [0.1, 0.15) is 39.5 Å². The summed E-state index contributed by atoms with van der Waals surface area (Å²) >= 11 is 0. The van der Waals surface area contributed by atoms with Gasteiger partial charge in [0.2, 0.25) is 0 Å². The zero-order valence-corrected chi connectivity index (χ0v) is 10.5. The van der Waals surface area contributed by atoms with Gasteiger partial charge in [0.15, 0.2) is 0 Å². The maximum absolute atomic E-state index is 11.6. The van der Waals surface area contributed by atoms with Crippen LogP contribution in [0.3, 0.4) is 0 Å². The van der Waals surface area contributed by atoms with Crippen LogP contribution in [0.15, 0.2) is 0 Å². The predicted octanol–water partition coefficient (Wildman–Crippen LogP) is 1.28. The second kappa shape index (κ2) is 4.64. The van der Waals surface area contributed by atoms with Crippen LogP contribution in [0.4, 0.5) is 4.79 Å². The van der Waals surface area contributed by atoms with Crippen LogP contribution in [0.25, 0.3) is 0 Å².